The van der Waals surface area contributed by atoms with Crippen molar-refractivity contribution in [3.05, 3.63) is 0 Å². The minimum absolute atomic E-state index is 0.0185. The molecule has 5 nitrogen and oxygen atoms in total. The van der Waals surface area contributed by atoms with Crippen LogP contribution in [0, 0.1) is 0 Å². The normalized spacial score (nSPS) is 36.6. The first kappa shape index (κ1) is 8.34. The number of carbonyl (C=O) groups is 2. The monoisotopic (exact) mass is 184 g/mol. The Morgan fingerprint density at radius 3 is 2.23 bits per heavy atom. The summed E-state index contributed by atoms with van der Waals surface area (Å²) >= 11 is 0. The third-order valence-electron chi connectivity index (χ3n) is 3.27. The Hall–Kier alpha value is -1.26. The van der Waals surface area contributed by atoms with E-state index in [0.717, 1.165) is 12.8 Å². The molecule has 0 saturated carbocycles. The van der Waals surface area contributed by atoms with E-state index in [0.29, 0.717) is 12.8 Å². The van der Waals surface area contributed by atoms with Crippen molar-refractivity contribution in [3.63, 3.8) is 0 Å². The number of amides is 2. The Bertz CT molecular complexity index is 269. The van der Waals surface area contributed by atoms with E-state index in [1.165, 1.54) is 4.90 Å². The summed E-state index contributed by atoms with van der Waals surface area (Å²) in [4.78, 5) is 23.4. The van der Waals surface area contributed by atoms with E-state index < -0.39 is 17.5 Å². The Balaban J connectivity index is 2.37. The van der Waals surface area contributed by atoms with Crippen molar-refractivity contribution in [2.24, 2.45) is 5.73 Å². The molecule has 0 radical (unpaired) electrons. The van der Waals surface area contributed by atoms with Gasteiger partial charge in [-0.05, 0) is 25.7 Å². The van der Waals surface area contributed by atoms with Crippen LogP contribution in [0.1, 0.15) is 25.7 Å². The number of nitrogens with zero attached hydrogens (tertiary/aromatic N) is 1. The molecule has 0 atom stereocenters. The van der Waals surface area contributed by atoms with Gasteiger partial charge in [0.05, 0.1) is 0 Å². The fourth-order valence-corrected chi connectivity index (χ4v) is 2.63. The number of primary amides is 1. The zero-order valence-corrected chi connectivity index (χ0v) is 7.19. The summed E-state index contributed by atoms with van der Waals surface area (Å²) in [5.74, 6) is -0.491. The highest BCUT2D eigenvalue weighted by molar-refractivity contribution is 5.89. The van der Waals surface area contributed by atoms with Crippen molar-refractivity contribution in [1.82, 2.24) is 4.90 Å². The van der Waals surface area contributed by atoms with Crippen molar-refractivity contribution < 1.29 is 14.7 Å². The van der Waals surface area contributed by atoms with Crippen LogP contribution in [-0.2, 0) is 4.79 Å². The molecule has 0 aromatic rings. The summed E-state index contributed by atoms with van der Waals surface area (Å²) in [5.41, 5.74) is 4.38. The highest BCUT2D eigenvalue weighted by atomic mass is 16.4. The van der Waals surface area contributed by atoms with Gasteiger partial charge in [0.25, 0.3) is 0 Å². The van der Waals surface area contributed by atoms with Crippen LogP contribution in [0.2, 0.25) is 0 Å². The van der Waals surface area contributed by atoms with Gasteiger partial charge in [0.15, 0.2) is 0 Å². The Morgan fingerprint density at radius 2 is 1.92 bits per heavy atom. The summed E-state index contributed by atoms with van der Waals surface area (Å²) in [6, 6.07) is 0.0185. The molecule has 0 aromatic heterocycles. The lowest BCUT2D eigenvalue weighted by molar-refractivity contribution is -0.126. The molecule has 0 spiro atoms. The van der Waals surface area contributed by atoms with Crippen molar-refractivity contribution in [2.45, 2.75) is 37.3 Å². The third kappa shape index (κ3) is 0.868. The molecule has 0 aliphatic carbocycles. The highest BCUT2D eigenvalue weighted by Crippen LogP contribution is 2.46. The zero-order chi connectivity index (χ0) is 9.64. The Labute approximate surface area is 75.5 Å². The van der Waals surface area contributed by atoms with Crippen LogP contribution in [0.3, 0.4) is 0 Å². The van der Waals surface area contributed by atoms with Crippen molar-refractivity contribution in [2.75, 3.05) is 0 Å². The van der Waals surface area contributed by atoms with Gasteiger partial charge >= 0.3 is 6.09 Å². The molecule has 13 heavy (non-hydrogen) atoms. The summed E-state index contributed by atoms with van der Waals surface area (Å²) in [7, 11) is 0. The first-order chi connectivity index (χ1) is 6.08. The van der Waals surface area contributed by atoms with E-state index in [2.05, 4.69) is 0 Å². The molecule has 2 rings (SSSR count). The quantitative estimate of drug-likeness (QED) is 0.608. The second kappa shape index (κ2) is 2.37. The zero-order valence-electron chi connectivity index (χ0n) is 7.19. The molecular weight excluding hydrogens is 172 g/mol. The highest BCUT2D eigenvalue weighted by Gasteiger charge is 2.57. The fourth-order valence-electron chi connectivity index (χ4n) is 2.63. The van der Waals surface area contributed by atoms with E-state index in [9.17, 15) is 9.59 Å². The predicted molar refractivity (Wildman–Crippen MR) is 44.0 cm³/mol. The van der Waals surface area contributed by atoms with Gasteiger partial charge < -0.3 is 10.8 Å². The average molecular weight is 184 g/mol. The largest absolute Gasteiger partial charge is 0.465 e. The number of carbonyl (C=O) groups excluding carboxylic acids is 1. The number of hydrogen-bond donors (Lipinski definition) is 2. The fraction of sp³-hybridized carbons (Fsp3) is 0.750. The number of carboxylic acid groups (broad SMARTS) is 1. The Kier molecular flexibility index (Phi) is 1.52. The molecular formula is C8H12N2O3. The molecule has 5 heteroatoms. The van der Waals surface area contributed by atoms with E-state index >= 15 is 0 Å². The predicted octanol–water partition coefficient (Wildman–Crippen LogP) is 0.147. The van der Waals surface area contributed by atoms with Gasteiger partial charge in [-0.2, -0.15) is 0 Å². The molecule has 2 saturated heterocycles. The molecule has 72 valence electrons. The first-order valence-corrected chi connectivity index (χ1v) is 4.40. The first-order valence-electron chi connectivity index (χ1n) is 4.40. The van der Waals surface area contributed by atoms with Crippen LogP contribution in [0.25, 0.3) is 0 Å². The van der Waals surface area contributed by atoms with Crippen LogP contribution < -0.4 is 5.73 Å². The van der Waals surface area contributed by atoms with Crippen molar-refractivity contribution in [1.29, 1.82) is 0 Å². The van der Waals surface area contributed by atoms with E-state index in [-0.39, 0.29) is 6.04 Å². The lowest BCUT2D eigenvalue weighted by Gasteiger charge is -2.29. The van der Waals surface area contributed by atoms with Gasteiger partial charge in [0, 0.05) is 6.04 Å². The standard InChI is InChI=1S/C8H12N2O3/c9-6(11)8-3-1-5(2-4-8)10(8)7(12)13/h5H,1-4H2,(H2,9,11)(H,12,13). The molecule has 3 N–H and O–H groups in total. The lowest BCUT2D eigenvalue weighted by Crippen LogP contribution is -2.53. The molecule has 2 heterocycles. The summed E-state index contributed by atoms with van der Waals surface area (Å²) in [5, 5.41) is 8.93. The van der Waals surface area contributed by atoms with Gasteiger partial charge in [-0.15, -0.1) is 0 Å². The molecule has 0 unspecified atom stereocenters. The molecule has 2 amide bonds. The summed E-state index contributed by atoms with van der Waals surface area (Å²) in [6.45, 7) is 0. The average Bonchev–Trinajstić information content (AvgIpc) is 2.58. The van der Waals surface area contributed by atoms with Gasteiger partial charge in [0.1, 0.15) is 5.54 Å². The van der Waals surface area contributed by atoms with Crippen LogP contribution >= 0.6 is 0 Å². The van der Waals surface area contributed by atoms with Gasteiger partial charge in [-0.1, -0.05) is 0 Å². The summed E-state index contributed by atoms with van der Waals surface area (Å²) in [6.07, 6.45) is 1.72. The maximum Gasteiger partial charge on any atom is 0.408 e. The Morgan fingerprint density at radius 1 is 1.38 bits per heavy atom. The number of nitrogens with two attached hydrogens (primary N) is 1. The molecule has 2 aliphatic heterocycles. The lowest BCUT2D eigenvalue weighted by atomic mass is 9.87. The molecule has 2 bridgehead atoms. The number of rotatable bonds is 1. The van der Waals surface area contributed by atoms with Crippen LogP contribution in [0.4, 0.5) is 4.79 Å². The van der Waals surface area contributed by atoms with Crippen LogP contribution in [0.5, 0.6) is 0 Å². The van der Waals surface area contributed by atoms with Crippen molar-refractivity contribution >= 4 is 12.0 Å². The minimum atomic E-state index is -1.01. The number of hydrogen-bond acceptors (Lipinski definition) is 2. The SMILES string of the molecule is NC(=O)C12CCC(CC1)N2C(=O)O. The minimum Gasteiger partial charge on any atom is -0.465 e. The van der Waals surface area contributed by atoms with Gasteiger partial charge in [-0.25, -0.2) is 4.79 Å². The van der Waals surface area contributed by atoms with Gasteiger partial charge in [0.2, 0.25) is 5.91 Å². The topological polar surface area (TPSA) is 83.6 Å². The van der Waals surface area contributed by atoms with Crippen molar-refractivity contribution in [3.8, 4) is 0 Å². The second-order valence-corrected chi connectivity index (χ2v) is 3.78. The molecule has 0 aromatic carbocycles. The molecule has 2 aliphatic rings. The van der Waals surface area contributed by atoms with E-state index in [1.807, 2.05) is 0 Å². The van der Waals surface area contributed by atoms with Gasteiger partial charge in [-0.3, -0.25) is 9.69 Å². The van der Waals surface area contributed by atoms with Crippen LogP contribution in [0.15, 0.2) is 0 Å². The maximum atomic E-state index is 11.2. The number of fused-ring (bicyclic) bond motifs is 2. The molecule has 2 fully saturated rings. The van der Waals surface area contributed by atoms with E-state index in [4.69, 9.17) is 10.8 Å². The third-order valence-corrected chi connectivity index (χ3v) is 3.27. The summed E-state index contributed by atoms with van der Waals surface area (Å²) < 4.78 is 0. The second-order valence-electron chi connectivity index (χ2n) is 3.78. The smallest absolute Gasteiger partial charge is 0.408 e. The van der Waals surface area contributed by atoms with E-state index in [1.54, 1.807) is 0 Å². The maximum absolute atomic E-state index is 11.2. The van der Waals surface area contributed by atoms with Crippen LogP contribution in [-0.4, -0.2) is 33.6 Å².